The SMILES string of the molecule is COc1cc(CNCc2ccccc2)ccc1OCc1ccccc1. The second-order valence-electron chi connectivity index (χ2n) is 5.85. The third-order valence-electron chi connectivity index (χ3n) is 3.97. The molecule has 1 N–H and O–H groups in total. The first-order valence-corrected chi connectivity index (χ1v) is 8.43. The predicted octanol–water partition coefficient (Wildman–Crippen LogP) is 4.56. The maximum atomic E-state index is 5.90. The van der Waals surface area contributed by atoms with Crippen molar-refractivity contribution in [1.82, 2.24) is 5.32 Å². The van der Waals surface area contributed by atoms with Crippen LogP contribution in [0, 0.1) is 0 Å². The number of benzene rings is 3. The molecule has 0 saturated carbocycles. The third kappa shape index (κ3) is 5.10. The minimum Gasteiger partial charge on any atom is -0.493 e. The molecular formula is C22H23NO2. The largest absolute Gasteiger partial charge is 0.493 e. The van der Waals surface area contributed by atoms with Crippen molar-refractivity contribution >= 4 is 0 Å². The number of hydrogen-bond donors (Lipinski definition) is 1. The maximum Gasteiger partial charge on any atom is 0.161 e. The van der Waals surface area contributed by atoms with Gasteiger partial charge in [0.05, 0.1) is 7.11 Å². The maximum absolute atomic E-state index is 5.90. The summed E-state index contributed by atoms with van der Waals surface area (Å²) in [6.07, 6.45) is 0. The summed E-state index contributed by atoms with van der Waals surface area (Å²) in [5.41, 5.74) is 3.58. The van der Waals surface area contributed by atoms with Crippen LogP contribution >= 0.6 is 0 Å². The van der Waals surface area contributed by atoms with Crippen LogP contribution in [0.2, 0.25) is 0 Å². The van der Waals surface area contributed by atoms with Gasteiger partial charge in [-0.05, 0) is 28.8 Å². The van der Waals surface area contributed by atoms with Crippen molar-refractivity contribution in [2.45, 2.75) is 19.7 Å². The zero-order valence-corrected chi connectivity index (χ0v) is 14.4. The van der Waals surface area contributed by atoms with Gasteiger partial charge in [-0.15, -0.1) is 0 Å². The number of methoxy groups -OCH3 is 1. The molecule has 0 radical (unpaired) electrons. The molecule has 0 aromatic heterocycles. The van der Waals surface area contributed by atoms with E-state index in [0.29, 0.717) is 6.61 Å². The molecule has 0 atom stereocenters. The molecular weight excluding hydrogens is 310 g/mol. The van der Waals surface area contributed by atoms with E-state index in [9.17, 15) is 0 Å². The Bertz CT molecular complexity index is 773. The van der Waals surface area contributed by atoms with Crippen LogP contribution in [0.1, 0.15) is 16.7 Å². The van der Waals surface area contributed by atoms with E-state index in [0.717, 1.165) is 30.2 Å². The third-order valence-corrected chi connectivity index (χ3v) is 3.97. The van der Waals surface area contributed by atoms with Crippen LogP contribution in [0.5, 0.6) is 11.5 Å². The number of hydrogen-bond acceptors (Lipinski definition) is 3. The van der Waals surface area contributed by atoms with Crippen LogP contribution in [0.25, 0.3) is 0 Å². The lowest BCUT2D eigenvalue weighted by Crippen LogP contribution is -2.12. The minimum atomic E-state index is 0.531. The Hall–Kier alpha value is -2.78. The first kappa shape index (κ1) is 17.1. The Balaban J connectivity index is 1.57. The van der Waals surface area contributed by atoms with Gasteiger partial charge in [-0.1, -0.05) is 66.7 Å². The molecule has 0 amide bonds. The number of ether oxygens (including phenoxy) is 2. The summed E-state index contributed by atoms with van der Waals surface area (Å²) in [6.45, 7) is 2.16. The van der Waals surface area contributed by atoms with Crippen LogP contribution in [0.4, 0.5) is 0 Å². The van der Waals surface area contributed by atoms with Crippen LogP contribution in [-0.2, 0) is 19.7 Å². The van der Waals surface area contributed by atoms with E-state index in [1.807, 2.05) is 48.5 Å². The highest BCUT2D eigenvalue weighted by Crippen LogP contribution is 2.28. The summed E-state index contributed by atoms with van der Waals surface area (Å²) in [5, 5.41) is 3.45. The average Bonchev–Trinajstić information content (AvgIpc) is 2.68. The highest BCUT2D eigenvalue weighted by atomic mass is 16.5. The zero-order valence-electron chi connectivity index (χ0n) is 14.4. The van der Waals surface area contributed by atoms with E-state index in [-0.39, 0.29) is 0 Å². The van der Waals surface area contributed by atoms with Gasteiger partial charge in [-0.3, -0.25) is 0 Å². The highest BCUT2D eigenvalue weighted by Gasteiger charge is 2.06. The van der Waals surface area contributed by atoms with Gasteiger partial charge in [0.1, 0.15) is 6.61 Å². The van der Waals surface area contributed by atoms with E-state index in [1.54, 1.807) is 7.11 Å². The van der Waals surface area contributed by atoms with Crippen molar-refractivity contribution in [2.24, 2.45) is 0 Å². The zero-order chi connectivity index (χ0) is 17.3. The number of rotatable bonds is 8. The smallest absolute Gasteiger partial charge is 0.161 e. The standard InChI is InChI=1S/C22H23NO2/c1-24-22-14-20(16-23-15-18-8-4-2-5-9-18)12-13-21(22)25-17-19-10-6-3-7-11-19/h2-14,23H,15-17H2,1H3. The molecule has 0 unspecified atom stereocenters. The van der Waals surface area contributed by atoms with E-state index in [1.165, 1.54) is 11.1 Å². The van der Waals surface area contributed by atoms with Gasteiger partial charge in [-0.25, -0.2) is 0 Å². The van der Waals surface area contributed by atoms with Crippen molar-refractivity contribution < 1.29 is 9.47 Å². The van der Waals surface area contributed by atoms with Gasteiger partial charge in [0.2, 0.25) is 0 Å². The van der Waals surface area contributed by atoms with Gasteiger partial charge in [-0.2, -0.15) is 0 Å². The fourth-order valence-electron chi connectivity index (χ4n) is 2.62. The normalized spacial score (nSPS) is 10.4. The van der Waals surface area contributed by atoms with Crippen LogP contribution in [0.15, 0.2) is 78.9 Å². The van der Waals surface area contributed by atoms with E-state index < -0.39 is 0 Å². The molecule has 0 fully saturated rings. The molecule has 3 nitrogen and oxygen atoms in total. The summed E-state index contributed by atoms with van der Waals surface area (Å²) in [7, 11) is 1.67. The number of nitrogens with one attached hydrogen (secondary N) is 1. The molecule has 0 aliphatic carbocycles. The quantitative estimate of drug-likeness (QED) is 0.655. The molecule has 3 heteroatoms. The van der Waals surface area contributed by atoms with Gasteiger partial charge >= 0.3 is 0 Å². The molecule has 3 rings (SSSR count). The Morgan fingerprint density at radius 2 is 1.32 bits per heavy atom. The Morgan fingerprint density at radius 3 is 2.00 bits per heavy atom. The van der Waals surface area contributed by atoms with Crippen molar-refractivity contribution in [3.8, 4) is 11.5 Å². The lowest BCUT2D eigenvalue weighted by Gasteiger charge is -2.13. The van der Waals surface area contributed by atoms with Gasteiger partial charge in [0.25, 0.3) is 0 Å². The second kappa shape index (κ2) is 8.90. The molecule has 0 aliphatic heterocycles. The van der Waals surface area contributed by atoms with Crippen molar-refractivity contribution in [3.05, 3.63) is 95.6 Å². The average molecular weight is 333 g/mol. The molecule has 3 aromatic rings. The predicted molar refractivity (Wildman–Crippen MR) is 101 cm³/mol. The summed E-state index contributed by atoms with van der Waals surface area (Å²) < 4.78 is 11.4. The Morgan fingerprint density at radius 1 is 0.680 bits per heavy atom. The minimum absolute atomic E-state index is 0.531. The Labute approximate surface area is 149 Å². The van der Waals surface area contributed by atoms with Crippen molar-refractivity contribution in [3.63, 3.8) is 0 Å². The van der Waals surface area contributed by atoms with Crippen LogP contribution in [0.3, 0.4) is 0 Å². The highest BCUT2D eigenvalue weighted by molar-refractivity contribution is 5.43. The van der Waals surface area contributed by atoms with Crippen LogP contribution < -0.4 is 14.8 Å². The molecule has 0 heterocycles. The van der Waals surface area contributed by atoms with E-state index >= 15 is 0 Å². The van der Waals surface area contributed by atoms with Gasteiger partial charge in [0, 0.05) is 13.1 Å². The lowest BCUT2D eigenvalue weighted by molar-refractivity contribution is 0.284. The first-order chi connectivity index (χ1) is 12.3. The molecule has 0 saturated heterocycles. The summed E-state index contributed by atoms with van der Waals surface area (Å²) in [5.74, 6) is 1.52. The molecule has 0 spiro atoms. The first-order valence-electron chi connectivity index (χ1n) is 8.43. The van der Waals surface area contributed by atoms with Crippen molar-refractivity contribution in [2.75, 3.05) is 7.11 Å². The molecule has 128 valence electrons. The molecule has 0 bridgehead atoms. The van der Waals surface area contributed by atoms with Gasteiger partial charge in [0.15, 0.2) is 11.5 Å². The van der Waals surface area contributed by atoms with Gasteiger partial charge < -0.3 is 14.8 Å². The monoisotopic (exact) mass is 333 g/mol. The fraction of sp³-hybridized carbons (Fsp3) is 0.182. The van der Waals surface area contributed by atoms with E-state index in [4.69, 9.17) is 9.47 Å². The van der Waals surface area contributed by atoms with E-state index in [2.05, 4.69) is 35.6 Å². The van der Waals surface area contributed by atoms with Crippen LogP contribution in [-0.4, -0.2) is 7.11 Å². The fourth-order valence-corrected chi connectivity index (χ4v) is 2.62. The topological polar surface area (TPSA) is 30.5 Å². The summed E-state index contributed by atoms with van der Waals surface area (Å²) >= 11 is 0. The molecule has 0 aliphatic rings. The summed E-state index contributed by atoms with van der Waals surface area (Å²) in [4.78, 5) is 0. The molecule has 25 heavy (non-hydrogen) atoms. The summed E-state index contributed by atoms with van der Waals surface area (Å²) in [6, 6.07) is 26.6. The van der Waals surface area contributed by atoms with Crippen molar-refractivity contribution in [1.29, 1.82) is 0 Å². The second-order valence-corrected chi connectivity index (χ2v) is 5.85. The lowest BCUT2D eigenvalue weighted by atomic mass is 10.2. The Kier molecular flexibility index (Phi) is 6.07. The molecule has 3 aromatic carbocycles.